The first-order valence-electron chi connectivity index (χ1n) is 9.50. The molecule has 5 rings (SSSR count). The maximum atomic E-state index is 13.6. The van der Waals surface area contributed by atoms with E-state index in [9.17, 15) is 4.39 Å². The maximum absolute atomic E-state index is 13.6. The lowest BCUT2D eigenvalue weighted by Gasteiger charge is -2.12. The van der Waals surface area contributed by atoms with Crippen LogP contribution < -0.4 is 5.32 Å². The Morgan fingerprint density at radius 3 is 2.61 bits per heavy atom. The van der Waals surface area contributed by atoms with E-state index in [1.807, 2.05) is 43.6 Å². The highest BCUT2D eigenvalue weighted by atomic mass is 35.5. The average molecular weight is 431 g/mol. The van der Waals surface area contributed by atoms with Crippen LogP contribution in [0.15, 0.2) is 73.3 Å². The Balaban J connectivity index is 1.68. The molecular formula is C23H16ClFN6. The second kappa shape index (κ2) is 7.77. The molecule has 3 aromatic heterocycles. The molecule has 152 valence electrons. The molecule has 0 aliphatic rings. The summed E-state index contributed by atoms with van der Waals surface area (Å²) < 4.78 is 15.4. The summed E-state index contributed by atoms with van der Waals surface area (Å²) in [6, 6.07) is 14.1. The van der Waals surface area contributed by atoms with Crippen molar-refractivity contribution in [1.29, 1.82) is 0 Å². The zero-order valence-electron chi connectivity index (χ0n) is 16.4. The Bertz CT molecular complexity index is 1400. The van der Waals surface area contributed by atoms with Gasteiger partial charge in [0.25, 0.3) is 0 Å². The molecule has 0 saturated heterocycles. The molecule has 0 saturated carbocycles. The molecule has 0 aliphatic heterocycles. The molecule has 0 unspecified atom stereocenters. The number of fused-ring (bicyclic) bond motifs is 1. The molecule has 1 N–H and O–H groups in total. The van der Waals surface area contributed by atoms with Crippen molar-refractivity contribution in [2.24, 2.45) is 7.05 Å². The van der Waals surface area contributed by atoms with Gasteiger partial charge in [-0.05, 0) is 48.0 Å². The molecule has 5 aromatic rings. The number of nitrogens with zero attached hydrogens (tertiary/aromatic N) is 5. The van der Waals surface area contributed by atoms with E-state index in [0.717, 1.165) is 27.6 Å². The summed E-state index contributed by atoms with van der Waals surface area (Å²) in [5.41, 5.74) is 4.14. The Kier molecular flexibility index (Phi) is 4.80. The normalized spacial score (nSPS) is 11.1. The van der Waals surface area contributed by atoms with Gasteiger partial charge >= 0.3 is 0 Å². The standard InChI is InChI=1S/C23H16ClFN6/c1-31-13-16(12-27-31)14-4-7-21-18(9-14)23(28-17-5-6-20(25)19(24)10-17)30-22(29-21)15-3-2-8-26-11-15/h2-13H,1H3,(H,28,29,30). The third-order valence-corrected chi connectivity index (χ3v) is 5.13. The summed E-state index contributed by atoms with van der Waals surface area (Å²) >= 11 is 5.97. The molecule has 31 heavy (non-hydrogen) atoms. The third kappa shape index (κ3) is 3.83. The molecule has 6 nitrogen and oxygen atoms in total. The Morgan fingerprint density at radius 1 is 0.968 bits per heavy atom. The number of hydrogen-bond acceptors (Lipinski definition) is 5. The molecular weight excluding hydrogens is 415 g/mol. The van der Waals surface area contributed by atoms with Gasteiger partial charge in [-0.15, -0.1) is 0 Å². The van der Waals surface area contributed by atoms with Gasteiger partial charge in [0.15, 0.2) is 5.82 Å². The van der Waals surface area contributed by atoms with E-state index in [4.69, 9.17) is 21.6 Å². The largest absolute Gasteiger partial charge is 0.340 e. The number of benzene rings is 2. The number of pyridine rings is 1. The van der Waals surface area contributed by atoms with E-state index >= 15 is 0 Å². The van der Waals surface area contributed by atoms with Gasteiger partial charge < -0.3 is 5.32 Å². The highest BCUT2D eigenvalue weighted by molar-refractivity contribution is 6.31. The molecule has 8 heteroatoms. The van der Waals surface area contributed by atoms with Crippen molar-refractivity contribution in [1.82, 2.24) is 24.7 Å². The molecule has 0 amide bonds. The Labute approximate surface area is 182 Å². The van der Waals surface area contributed by atoms with Crippen molar-refractivity contribution in [3.63, 3.8) is 0 Å². The van der Waals surface area contributed by atoms with Crippen LogP contribution in [-0.4, -0.2) is 24.7 Å². The summed E-state index contributed by atoms with van der Waals surface area (Å²) in [5.74, 6) is 0.636. The van der Waals surface area contributed by atoms with Gasteiger partial charge in [0.1, 0.15) is 11.6 Å². The van der Waals surface area contributed by atoms with Crippen LogP contribution in [0.1, 0.15) is 0 Å². The second-order valence-electron chi connectivity index (χ2n) is 7.03. The minimum absolute atomic E-state index is 0.0342. The van der Waals surface area contributed by atoms with Crippen molar-refractivity contribution in [3.05, 3.63) is 84.2 Å². The first-order chi connectivity index (χ1) is 15.1. The lowest BCUT2D eigenvalue weighted by atomic mass is 10.1. The molecule has 0 spiro atoms. The second-order valence-corrected chi connectivity index (χ2v) is 7.43. The highest BCUT2D eigenvalue weighted by Crippen LogP contribution is 2.31. The van der Waals surface area contributed by atoms with Crippen LogP contribution in [0.2, 0.25) is 5.02 Å². The van der Waals surface area contributed by atoms with Crippen LogP contribution in [0, 0.1) is 5.82 Å². The molecule has 2 aromatic carbocycles. The monoisotopic (exact) mass is 430 g/mol. The number of hydrogen-bond donors (Lipinski definition) is 1. The number of halogens is 2. The quantitative estimate of drug-likeness (QED) is 0.400. The maximum Gasteiger partial charge on any atom is 0.163 e. The number of nitrogens with one attached hydrogen (secondary N) is 1. The van der Waals surface area contributed by atoms with Crippen molar-refractivity contribution >= 4 is 34.0 Å². The van der Waals surface area contributed by atoms with Crippen LogP contribution >= 0.6 is 11.6 Å². The van der Waals surface area contributed by atoms with Gasteiger partial charge in [-0.3, -0.25) is 9.67 Å². The zero-order valence-corrected chi connectivity index (χ0v) is 17.2. The number of aromatic nitrogens is 5. The fourth-order valence-corrected chi connectivity index (χ4v) is 3.49. The van der Waals surface area contributed by atoms with Gasteiger partial charge in [0.2, 0.25) is 0 Å². The van der Waals surface area contributed by atoms with Crippen LogP contribution in [0.25, 0.3) is 33.4 Å². The summed E-state index contributed by atoms with van der Waals surface area (Å²) in [6.07, 6.45) is 7.16. The molecule has 0 aliphatic carbocycles. The Morgan fingerprint density at radius 2 is 1.87 bits per heavy atom. The van der Waals surface area contributed by atoms with E-state index in [0.29, 0.717) is 17.3 Å². The predicted molar refractivity (Wildman–Crippen MR) is 120 cm³/mol. The number of rotatable bonds is 4. The summed E-state index contributed by atoms with van der Waals surface area (Å²) in [6.45, 7) is 0. The third-order valence-electron chi connectivity index (χ3n) is 4.84. The van der Waals surface area contributed by atoms with Crippen molar-refractivity contribution in [3.8, 4) is 22.5 Å². The molecule has 0 fully saturated rings. The molecule has 0 atom stereocenters. The van der Waals surface area contributed by atoms with E-state index in [1.165, 1.54) is 12.1 Å². The topological polar surface area (TPSA) is 68.5 Å². The van der Waals surface area contributed by atoms with E-state index in [-0.39, 0.29) is 5.02 Å². The van der Waals surface area contributed by atoms with Crippen molar-refractivity contribution in [2.75, 3.05) is 5.32 Å². The van der Waals surface area contributed by atoms with Crippen LogP contribution in [0.5, 0.6) is 0 Å². The van der Waals surface area contributed by atoms with Crippen LogP contribution in [0.4, 0.5) is 15.9 Å². The summed E-state index contributed by atoms with van der Waals surface area (Å²) in [7, 11) is 1.87. The lowest BCUT2D eigenvalue weighted by Crippen LogP contribution is -2.00. The van der Waals surface area contributed by atoms with Gasteiger partial charge in [0.05, 0.1) is 16.7 Å². The lowest BCUT2D eigenvalue weighted by molar-refractivity contribution is 0.628. The first-order valence-corrected chi connectivity index (χ1v) is 9.88. The number of anilines is 2. The summed E-state index contributed by atoms with van der Waals surface area (Å²) in [5, 5.41) is 8.36. The van der Waals surface area contributed by atoms with Gasteiger partial charge in [0, 0.05) is 47.8 Å². The van der Waals surface area contributed by atoms with Gasteiger partial charge in [-0.25, -0.2) is 14.4 Å². The smallest absolute Gasteiger partial charge is 0.163 e. The number of aryl methyl sites for hydroxylation is 1. The minimum atomic E-state index is -0.477. The van der Waals surface area contributed by atoms with E-state index in [1.54, 1.807) is 29.3 Å². The van der Waals surface area contributed by atoms with Crippen molar-refractivity contribution in [2.45, 2.75) is 0 Å². The van der Waals surface area contributed by atoms with Gasteiger partial charge in [-0.1, -0.05) is 17.7 Å². The molecule has 3 heterocycles. The SMILES string of the molecule is Cn1cc(-c2ccc3nc(-c4cccnc4)nc(Nc4ccc(F)c(Cl)c4)c3c2)cn1. The zero-order chi connectivity index (χ0) is 21.4. The van der Waals surface area contributed by atoms with Crippen LogP contribution in [0.3, 0.4) is 0 Å². The first kappa shape index (κ1) is 19.1. The fourth-order valence-electron chi connectivity index (χ4n) is 3.31. The summed E-state index contributed by atoms with van der Waals surface area (Å²) in [4.78, 5) is 13.6. The molecule has 0 bridgehead atoms. The average Bonchev–Trinajstić information content (AvgIpc) is 3.23. The van der Waals surface area contributed by atoms with Gasteiger partial charge in [-0.2, -0.15) is 5.10 Å². The fraction of sp³-hybridized carbons (Fsp3) is 0.0435. The minimum Gasteiger partial charge on any atom is -0.340 e. The highest BCUT2D eigenvalue weighted by Gasteiger charge is 2.13. The molecule has 0 radical (unpaired) electrons. The predicted octanol–water partition coefficient (Wildman–Crippen LogP) is 5.63. The van der Waals surface area contributed by atoms with Crippen molar-refractivity contribution < 1.29 is 4.39 Å². The Hall–Kier alpha value is -3.84. The van der Waals surface area contributed by atoms with Crippen LogP contribution in [-0.2, 0) is 7.05 Å². The van der Waals surface area contributed by atoms with E-state index < -0.39 is 5.82 Å². The van der Waals surface area contributed by atoms with E-state index in [2.05, 4.69) is 15.4 Å².